The van der Waals surface area contributed by atoms with E-state index in [2.05, 4.69) is 18.9 Å². The lowest BCUT2D eigenvalue weighted by molar-refractivity contribution is 0.0348. The molecule has 1 rings (SSSR count). The van der Waals surface area contributed by atoms with Crippen molar-refractivity contribution in [3.05, 3.63) is 0 Å². The van der Waals surface area contributed by atoms with Gasteiger partial charge in [-0.1, -0.05) is 19.8 Å². The quantitative estimate of drug-likeness (QED) is 0.723. The normalized spacial score (nSPS) is 30.7. The Kier molecular flexibility index (Phi) is 4.20. The van der Waals surface area contributed by atoms with Gasteiger partial charge in [-0.3, -0.25) is 0 Å². The van der Waals surface area contributed by atoms with Crippen LogP contribution in [-0.4, -0.2) is 36.8 Å². The summed E-state index contributed by atoms with van der Waals surface area (Å²) in [7, 11) is 2.16. The molecule has 0 amide bonds. The maximum atomic E-state index is 9.46. The Hall–Kier alpha value is -0.0800. The molecule has 0 bridgehead atoms. The van der Waals surface area contributed by atoms with Gasteiger partial charge < -0.3 is 10.0 Å². The van der Waals surface area contributed by atoms with E-state index >= 15 is 0 Å². The maximum absolute atomic E-state index is 9.46. The van der Waals surface area contributed by atoms with Crippen LogP contribution in [0.15, 0.2) is 0 Å². The van der Waals surface area contributed by atoms with Crippen molar-refractivity contribution in [1.29, 1.82) is 0 Å². The van der Waals surface area contributed by atoms with Crippen LogP contribution in [0.4, 0.5) is 0 Å². The molecule has 2 heteroatoms. The third-order valence-corrected chi connectivity index (χ3v) is 3.25. The van der Waals surface area contributed by atoms with Crippen molar-refractivity contribution in [3.8, 4) is 0 Å². The van der Waals surface area contributed by atoms with Crippen LogP contribution in [0, 0.1) is 5.41 Å². The van der Waals surface area contributed by atoms with Gasteiger partial charge in [0.05, 0.1) is 0 Å². The van der Waals surface area contributed by atoms with Crippen LogP contribution in [0.3, 0.4) is 0 Å². The Morgan fingerprint density at radius 3 is 2.77 bits per heavy atom. The Labute approximate surface area is 81.9 Å². The van der Waals surface area contributed by atoms with Gasteiger partial charge in [0.1, 0.15) is 0 Å². The van der Waals surface area contributed by atoms with E-state index in [1.807, 2.05) is 0 Å². The summed E-state index contributed by atoms with van der Waals surface area (Å²) in [5.74, 6) is 0. The van der Waals surface area contributed by atoms with Gasteiger partial charge in [-0.2, -0.15) is 0 Å². The Balaban J connectivity index is 2.46. The zero-order valence-corrected chi connectivity index (χ0v) is 9.05. The van der Waals surface area contributed by atoms with E-state index in [9.17, 15) is 5.11 Å². The largest absolute Gasteiger partial charge is 0.396 e. The Morgan fingerprint density at radius 1 is 1.46 bits per heavy atom. The van der Waals surface area contributed by atoms with Gasteiger partial charge in [-0.25, -0.2) is 0 Å². The van der Waals surface area contributed by atoms with Crippen LogP contribution >= 0.6 is 0 Å². The molecule has 1 heterocycles. The smallest absolute Gasteiger partial charge is 0.0499 e. The minimum Gasteiger partial charge on any atom is -0.396 e. The highest BCUT2D eigenvalue weighted by molar-refractivity contribution is 4.85. The summed E-state index contributed by atoms with van der Waals surface area (Å²) >= 11 is 0. The number of rotatable bonds is 4. The maximum Gasteiger partial charge on any atom is 0.0499 e. The van der Waals surface area contributed by atoms with Gasteiger partial charge in [-0.05, 0) is 32.9 Å². The van der Waals surface area contributed by atoms with Crippen LogP contribution in [0.25, 0.3) is 0 Å². The lowest BCUT2D eigenvalue weighted by Crippen LogP contribution is -2.43. The second-order valence-electron chi connectivity index (χ2n) is 4.60. The molecule has 0 aromatic heterocycles. The molecule has 1 atom stereocenters. The summed E-state index contributed by atoms with van der Waals surface area (Å²) < 4.78 is 0. The second kappa shape index (κ2) is 4.97. The standard InChI is InChI=1S/C11H23NO/c1-3-4-6-11(10-13)7-5-8-12(2)9-11/h13H,3-10H2,1-2H3. The van der Waals surface area contributed by atoms with E-state index in [1.54, 1.807) is 0 Å². The number of aliphatic hydroxyl groups excluding tert-OH is 1. The highest BCUT2D eigenvalue weighted by Gasteiger charge is 2.32. The molecular weight excluding hydrogens is 162 g/mol. The lowest BCUT2D eigenvalue weighted by atomic mass is 9.77. The minimum absolute atomic E-state index is 0.225. The number of likely N-dealkylation sites (tertiary alicyclic amines) is 1. The molecule has 0 spiro atoms. The van der Waals surface area contributed by atoms with Gasteiger partial charge in [0, 0.05) is 18.6 Å². The number of piperidine rings is 1. The van der Waals surface area contributed by atoms with Gasteiger partial charge in [-0.15, -0.1) is 0 Å². The van der Waals surface area contributed by atoms with E-state index in [4.69, 9.17) is 0 Å². The molecule has 0 aliphatic carbocycles. The number of aliphatic hydroxyl groups is 1. The molecule has 1 saturated heterocycles. The third-order valence-electron chi connectivity index (χ3n) is 3.25. The first-order chi connectivity index (χ1) is 6.22. The zero-order chi connectivity index (χ0) is 9.73. The molecule has 1 fully saturated rings. The van der Waals surface area contributed by atoms with Crippen LogP contribution in [0.1, 0.15) is 39.0 Å². The summed E-state index contributed by atoms with van der Waals surface area (Å²) in [5.41, 5.74) is 0.225. The van der Waals surface area contributed by atoms with Crippen LogP contribution < -0.4 is 0 Å². The first-order valence-corrected chi connectivity index (χ1v) is 5.52. The fourth-order valence-corrected chi connectivity index (χ4v) is 2.42. The lowest BCUT2D eigenvalue weighted by Gasteiger charge is -2.40. The summed E-state index contributed by atoms with van der Waals surface area (Å²) in [5, 5.41) is 9.46. The van der Waals surface area contributed by atoms with Crippen molar-refractivity contribution in [1.82, 2.24) is 4.90 Å². The summed E-state index contributed by atoms with van der Waals surface area (Å²) in [6.45, 7) is 4.88. The predicted octanol–water partition coefficient (Wildman–Crippen LogP) is 1.88. The fraction of sp³-hybridized carbons (Fsp3) is 1.00. The van der Waals surface area contributed by atoms with Crippen molar-refractivity contribution in [2.45, 2.75) is 39.0 Å². The Bertz CT molecular complexity index is 149. The molecule has 78 valence electrons. The topological polar surface area (TPSA) is 23.5 Å². The number of hydrogen-bond acceptors (Lipinski definition) is 2. The fourth-order valence-electron chi connectivity index (χ4n) is 2.42. The molecule has 1 aliphatic heterocycles. The van der Waals surface area contributed by atoms with E-state index in [0.29, 0.717) is 6.61 Å². The highest BCUT2D eigenvalue weighted by Crippen LogP contribution is 2.33. The molecule has 13 heavy (non-hydrogen) atoms. The monoisotopic (exact) mass is 185 g/mol. The average Bonchev–Trinajstić information content (AvgIpc) is 2.15. The molecular formula is C11H23NO. The number of hydrogen-bond donors (Lipinski definition) is 1. The molecule has 0 radical (unpaired) electrons. The third kappa shape index (κ3) is 2.96. The number of unbranched alkanes of at least 4 members (excludes halogenated alkanes) is 1. The summed E-state index contributed by atoms with van der Waals surface area (Å²) in [6, 6.07) is 0. The highest BCUT2D eigenvalue weighted by atomic mass is 16.3. The molecule has 1 aliphatic rings. The number of nitrogens with zero attached hydrogens (tertiary/aromatic N) is 1. The van der Waals surface area contributed by atoms with Crippen molar-refractivity contribution in [2.75, 3.05) is 26.7 Å². The first-order valence-electron chi connectivity index (χ1n) is 5.52. The van der Waals surface area contributed by atoms with Gasteiger partial charge >= 0.3 is 0 Å². The van der Waals surface area contributed by atoms with Gasteiger partial charge in [0.25, 0.3) is 0 Å². The molecule has 0 aromatic rings. The van der Waals surface area contributed by atoms with Gasteiger partial charge in [0.2, 0.25) is 0 Å². The summed E-state index contributed by atoms with van der Waals surface area (Å²) in [6.07, 6.45) is 6.17. The van der Waals surface area contributed by atoms with E-state index < -0.39 is 0 Å². The molecule has 1 N–H and O–H groups in total. The average molecular weight is 185 g/mol. The zero-order valence-electron chi connectivity index (χ0n) is 9.05. The molecule has 0 saturated carbocycles. The van der Waals surface area contributed by atoms with Crippen molar-refractivity contribution >= 4 is 0 Å². The van der Waals surface area contributed by atoms with E-state index in [0.717, 1.165) is 6.54 Å². The first kappa shape index (κ1) is 11.0. The van der Waals surface area contributed by atoms with Crippen molar-refractivity contribution in [2.24, 2.45) is 5.41 Å². The predicted molar refractivity (Wildman–Crippen MR) is 55.8 cm³/mol. The summed E-state index contributed by atoms with van der Waals surface area (Å²) in [4.78, 5) is 2.36. The van der Waals surface area contributed by atoms with Crippen LogP contribution in [0.5, 0.6) is 0 Å². The molecule has 0 aromatic carbocycles. The van der Waals surface area contributed by atoms with Crippen LogP contribution in [-0.2, 0) is 0 Å². The van der Waals surface area contributed by atoms with E-state index in [-0.39, 0.29) is 5.41 Å². The van der Waals surface area contributed by atoms with Crippen molar-refractivity contribution in [3.63, 3.8) is 0 Å². The molecule has 1 unspecified atom stereocenters. The van der Waals surface area contributed by atoms with Crippen molar-refractivity contribution < 1.29 is 5.11 Å². The Morgan fingerprint density at radius 2 is 2.23 bits per heavy atom. The minimum atomic E-state index is 0.225. The molecule has 2 nitrogen and oxygen atoms in total. The van der Waals surface area contributed by atoms with E-state index in [1.165, 1.54) is 38.6 Å². The van der Waals surface area contributed by atoms with Gasteiger partial charge in [0.15, 0.2) is 0 Å². The van der Waals surface area contributed by atoms with Crippen LogP contribution in [0.2, 0.25) is 0 Å². The second-order valence-corrected chi connectivity index (χ2v) is 4.60. The SMILES string of the molecule is CCCCC1(CO)CCCN(C)C1.